The van der Waals surface area contributed by atoms with Crippen molar-refractivity contribution in [1.29, 1.82) is 0 Å². The molecule has 1 saturated heterocycles. The first kappa shape index (κ1) is 21.3. The van der Waals surface area contributed by atoms with Crippen LogP contribution in [0.2, 0.25) is 0 Å². The Morgan fingerprint density at radius 3 is 2.30 bits per heavy atom. The number of benzene rings is 2. The summed E-state index contributed by atoms with van der Waals surface area (Å²) >= 11 is 0. The molecule has 8 heteroatoms. The summed E-state index contributed by atoms with van der Waals surface area (Å²) in [5, 5.41) is 8.17. The molecular weight excluding hydrogens is 387 g/mol. The molecule has 0 saturated carbocycles. The second-order valence-electron chi connectivity index (χ2n) is 7.24. The van der Waals surface area contributed by atoms with E-state index in [-0.39, 0.29) is 23.4 Å². The number of amides is 4. The van der Waals surface area contributed by atoms with E-state index >= 15 is 0 Å². The maximum atomic E-state index is 13.8. The van der Waals surface area contributed by atoms with E-state index < -0.39 is 17.9 Å². The SMILES string of the molecule is CC(NC(=O)Nc1ccccc1)C(=O)NC1CCN(C(=O)c2ccccc2F)CC1. The van der Waals surface area contributed by atoms with E-state index in [2.05, 4.69) is 16.0 Å². The van der Waals surface area contributed by atoms with E-state index in [1.165, 1.54) is 12.1 Å². The van der Waals surface area contributed by atoms with Crippen molar-refractivity contribution in [2.75, 3.05) is 18.4 Å². The van der Waals surface area contributed by atoms with Gasteiger partial charge in [-0.3, -0.25) is 9.59 Å². The number of urea groups is 1. The Kier molecular flexibility index (Phi) is 7.00. The fraction of sp³-hybridized carbons (Fsp3) is 0.318. The summed E-state index contributed by atoms with van der Waals surface area (Å²) < 4.78 is 13.8. The molecule has 0 spiro atoms. The fourth-order valence-corrected chi connectivity index (χ4v) is 3.31. The second-order valence-corrected chi connectivity index (χ2v) is 7.24. The Balaban J connectivity index is 1.44. The van der Waals surface area contributed by atoms with Gasteiger partial charge in [-0.2, -0.15) is 0 Å². The third-order valence-electron chi connectivity index (χ3n) is 5.01. The lowest BCUT2D eigenvalue weighted by Crippen LogP contribution is -2.52. The van der Waals surface area contributed by atoms with Crippen LogP contribution in [-0.2, 0) is 4.79 Å². The number of anilines is 1. The van der Waals surface area contributed by atoms with Crippen LogP contribution in [0.1, 0.15) is 30.1 Å². The van der Waals surface area contributed by atoms with Crippen LogP contribution < -0.4 is 16.0 Å². The molecule has 3 rings (SSSR count). The predicted octanol–water partition coefficient (Wildman–Crippen LogP) is 2.76. The van der Waals surface area contributed by atoms with Gasteiger partial charge in [-0.1, -0.05) is 30.3 Å². The van der Waals surface area contributed by atoms with Crippen LogP contribution in [0, 0.1) is 5.82 Å². The van der Waals surface area contributed by atoms with Crippen molar-refractivity contribution < 1.29 is 18.8 Å². The number of piperidine rings is 1. The molecule has 1 fully saturated rings. The number of hydrogen-bond acceptors (Lipinski definition) is 3. The van der Waals surface area contributed by atoms with Crippen LogP contribution >= 0.6 is 0 Å². The number of halogens is 1. The number of likely N-dealkylation sites (tertiary alicyclic amines) is 1. The Hall–Kier alpha value is -3.42. The molecule has 0 aromatic heterocycles. The highest BCUT2D eigenvalue weighted by Crippen LogP contribution is 2.16. The number of carbonyl (C=O) groups is 3. The molecule has 7 nitrogen and oxygen atoms in total. The van der Waals surface area contributed by atoms with Gasteiger partial charge in [0.05, 0.1) is 5.56 Å². The molecule has 3 N–H and O–H groups in total. The summed E-state index contributed by atoms with van der Waals surface area (Å²) in [6, 6.07) is 13.6. The van der Waals surface area contributed by atoms with E-state index in [9.17, 15) is 18.8 Å². The monoisotopic (exact) mass is 412 g/mol. The molecule has 4 amide bonds. The summed E-state index contributed by atoms with van der Waals surface area (Å²) in [6.07, 6.45) is 1.13. The van der Waals surface area contributed by atoms with Crippen LogP contribution in [0.3, 0.4) is 0 Å². The van der Waals surface area contributed by atoms with Crippen LogP contribution in [0.25, 0.3) is 0 Å². The standard InChI is InChI=1S/C22H25FN4O3/c1-15(24-22(30)26-16-7-3-2-4-8-16)20(28)25-17-11-13-27(14-12-17)21(29)18-9-5-6-10-19(18)23/h2-10,15,17H,11-14H2,1H3,(H,25,28)(H2,24,26,30). The Bertz CT molecular complexity index is 898. The van der Waals surface area contributed by atoms with Crippen molar-refractivity contribution in [2.45, 2.75) is 31.8 Å². The zero-order valence-corrected chi connectivity index (χ0v) is 16.7. The van der Waals surface area contributed by atoms with Crippen molar-refractivity contribution in [3.8, 4) is 0 Å². The first-order chi connectivity index (χ1) is 14.4. The molecule has 0 radical (unpaired) electrons. The third kappa shape index (κ3) is 5.56. The maximum Gasteiger partial charge on any atom is 0.319 e. The molecular formula is C22H25FN4O3. The minimum atomic E-state index is -0.716. The van der Waals surface area contributed by atoms with Gasteiger partial charge in [0.2, 0.25) is 5.91 Å². The highest BCUT2D eigenvalue weighted by atomic mass is 19.1. The summed E-state index contributed by atoms with van der Waals surface area (Å²) in [5.74, 6) is -1.17. The zero-order valence-electron chi connectivity index (χ0n) is 16.7. The van der Waals surface area contributed by atoms with Gasteiger partial charge in [-0.15, -0.1) is 0 Å². The second kappa shape index (κ2) is 9.87. The Morgan fingerprint density at radius 2 is 1.63 bits per heavy atom. The van der Waals surface area contributed by atoms with Gasteiger partial charge >= 0.3 is 6.03 Å². The van der Waals surface area contributed by atoms with E-state index in [0.29, 0.717) is 31.6 Å². The third-order valence-corrected chi connectivity index (χ3v) is 5.01. The average Bonchev–Trinajstić information content (AvgIpc) is 2.74. The van der Waals surface area contributed by atoms with Crippen LogP contribution in [-0.4, -0.2) is 47.9 Å². The van der Waals surface area contributed by atoms with Crippen LogP contribution in [0.5, 0.6) is 0 Å². The summed E-state index contributed by atoms with van der Waals surface area (Å²) in [6.45, 7) is 2.46. The molecule has 2 aromatic rings. The molecule has 1 aliphatic heterocycles. The van der Waals surface area contributed by atoms with Gasteiger partial charge in [-0.25, -0.2) is 9.18 Å². The Morgan fingerprint density at radius 1 is 1.00 bits per heavy atom. The minimum Gasteiger partial charge on any atom is -0.351 e. The highest BCUT2D eigenvalue weighted by Gasteiger charge is 2.27. The first-order valence-electron chi connectivity index (χ1n) is 9.91. The topological polar surface area (TPSA) is 90.5 Å². The van der Waals surface area contributed by atoms with E-state index in [1.54, 1.807) is 48.2 Å². The lowest BCUT2D eigenvalue weighted by molar-refractivity contribution is -0.123. The van der Waals surface area contributed by atoms with Gasteiger partial charge in [0.25, 0.3) is 5.91 Å². The molecule has 1 heterocycles. The summed E-state index contributed by atoms with van der Waals surface area (Å²) in [7, 11) is 0. The lowest BCUT2D eigenvalue weighted by Gasteiger charge is -2.33. The predicted molar refractivity (Wildman–Crippen MR) is 112 cm³/mol. The maximum absolute atomic E-state index is 13.8. The highest BCUT2D eigenvalue weighted by molar-refractivity contribution is 5.95. The molecule has 0 aliphatic carbocycles. The number of nitrogens with zero attached hydrogens (tertiary/aromatic N) is 1. The largest absolute Gasteiger partial charge is 0.351 e. The summed E-state index contributed by atoms with van der Waals surface area (Å²) in [5.41, 5.74) is 0.691. The van der Waals surface area contributed by atoms with Crippen molar-refractivity contribution >= 4 is 23.5 Å². The summed E-state index contributed by atoms with van der Waals surface area (Å²) in [4.78, 5) is 38.5. The zero-order chi connectivity index (χ0) is 21.5. The molecule has 2 aromatic carbocycles. The number of rotatable bonds is 5. The number of carbonyl (C=O) groups excluding carboxylic acids is 3. The van der Waals surface area contributed by atoms with Gasteiger partial charge < -0.3 is 20.9 Å². The van der Waals surface area contributed by atoms with E-state index in [0.717, 1.165) is 0 Å². The number of hydrogen-bond donors (Lipinski definition) is 3. The van der Waals surface area contributed by atoms with Crippen LogP contribution in [0.15, 0.2) is 54.6 Å². The first-order valence-corrected chi connectivity index (χ1v) is 9.91. The average molecular weight is 412 g/mol. The molecule has 1 aliphatic rings. The molecule has 0 bridgehead atoms. The fourth-order valence-electron chi connectivity index (χ4n) is 3.31. The minimum absolute atomic E-state index is 0.0576. The molecule has 158 valence electrons. The lowest BCUT2D eigenvalue weighted by atomic mass is 10.0. The van der Waals surface area contributed by atoms with Gasteiger partial charge in [0, 0.05) is 24.8 Å². The molecule has 1 unspecified atom stereocenters. The number of para-hydroxylation sites is 1. The van der Waals surface area contributed by atoms with E-state index in [4.69, 9.17) is 0 Å². The van der Waals surface area contributed by atoms with Crippen molar-refractivity contribution in [2.24, 2.45) is 0 Å². The van der Waals surface area contributed by atoms with Gasteiger partial charge in [-0.05, 0) is 44.0 Å². The van der Waals surface area contributed by atoms with Crippen molar-refractivity contribution in [3.63, 3.8) is 0 Å². The molecule has 1 atom stereocenters. The Labute approximate surface area is 174 Å². The van der Waals surface area contributed by atoms with Crippen molar-refractivity contribution in [3.05, 3.63) is 66.0 Å². The van der Waals surface area contributed by atoms with E-state index in [1.807, 2.05) is 6.07 Å². The van der Waals surface area contributed by atoms with Gasteiger partial charge in [0.1, 0.15) is 11.9 Å². The van der Waals surface area contributed by atoms with Crippen molar-refractivity contribution in [1.82, 2.24) is 15.5 Å². The molecule has 30 heavy (non-hydrogen) atoms. The van der Waals surface area contributed by atoms with Gasteiger partial charge in [0.15, 0.2) is 0 Å². The number of nitrogens with one attached hydrogen (secondary N) is 3. The normalized spacial score (nSPS) is 15.2. The quantitative estimate of drug-likeness (QED) is 0.705. The smallest absolute Gasteiger partial charge is 0.319 e. The van der Waals surface area contributed by atoms with Crippen LogP contribution in [0.4, 0.5) is 14.9 Å².